The van der Waals surface area contributed by atoms with Crippen LogP contribution in [-0.2, 0) is 10.0 Å². The smallest absolute Gasteiger partial charge is 0.276 e. The zero-order valence-electron chi connectivity index (χ0n) is 13.5. The Morgan fingerprint density at radius 2 is 2.08 bits per heavy atom. The van der Waals surface area contributed by atoms with Gasteiger partial charge in [0, 0.05) is 24.5 Å². The van der Waals surface area contributed by atoms with Crippen molar-refractivity contribution in [3.63, 3.8) is 0 Å². The predicted octanol–water partition coefficient (Wildman–Crippen LogP) is 1.02. The third-order valence-electron chi connectivity index (χ3n) is 3.29. The topological polar surface area (TPSA) is 130 Å². The molecular formula is C15H21N5O3S. The van der Waals surface area contributed by atoms with E-state index in [4.69, 9.17) is 5.73 Å². The number of amides is 1. The number of carbonyl (C=O) groups excluding carboxylic acids is 1. The number of benzene rings is 1. The Balaban J connectivity index is 2.15. The van der Waals surface area contributed by atoms with Gasteiger partial charge in [-0.25, -0.2) is 13.1 Å². The summed E-state index contributed by atoms with van der Waals surface area (Å²) in [5.74, 6) is -0.191. The Bertz CT molecular complexity index is 814. The molecular weight excluding hydrogens is 330 g/mol. The molecule has 130 valence electrons. The van der Waals surface area contributed by atoms with Gasteiger partial charge in [-0.3, -0.25) is 9.89 Å². The van der Waals surface area contributed by atoms with Gasteiger partial charge in [0.05, 0.1) is 4.90 Å². The van der Waals surface area contributed by atoms with Crippen molar-refractivity contribution in [3.05, 3.63) is 41.7 Å². The van der Waals surface area contributed by atoms with Crippen molar-refractivity contribution >= 4 is 21.6 Å². The Morgan fingerprint density at radius 1 is 1.33 bits per heavy atom. The average molecular weight is 351 g/mol. The highest BCUT2D eigenvalue weighted by molar-refractivity contribution is 7.89. The van der Waals surface area contributed by atoms with Crippen molar-refractivity contribution in [2.45, 2.75) is 24.7 Å². The first-order chi connectivity index (χ1) is 11.3. The summed E-state index contributed by atoms with van der Waals surface area (Å²) in [4.78, 5) is 12.3. The van der Waals surface area contributed by atoms with Crippen LogP contribution in [-0.4, -0.2) is 37.6 Å². The van der Waals surface area contributed by atoms with E-state index in [-0.39, 0.29) is 29.6 Å². The number of anilines is 1. The SMILES string of the molecule is CC(C)c1cc(C(=O)Nc2cccc(S(=O)(=O)NCCN)c2)n[nH]1. The number of nitrogens with one attached hydrogen (secondary N) is 3. The molecule has 0 atom stereocenters. The summed E-state index contributed by atoms with van der Waals surface area (Å²) in [5.41, 5.74) is 6.76. The number of aromatic amines is 1. The number of aromatic nitrogens is 2. The lowest BCUT2D eigenvalue weighted by atomic mass is 10.1. The maximum absolute atomic E-state index is 12.2. The van der Waals surface area contributed by atoms with Crippen LogP contribution in [0.5, 0.6) is 0 Å². The normalized spacial score (nSPS) is 11.7. The molecule has 1 heterocycles. The first-order valence-corrected chi connectivity index (χ1v) is 8.98. The molecule has 0 fully saturated rings. The number of H-pyrrole nitrogens is 1. The van der Waals surface area contributed by atoms with E-state index < -0.39 is 15.9 Å². The summed E-state index contributed by atoms with van der Waals surface area (Å²) in [5, 5.41) is 9.41. The summed E-state index contributed by atoms with van der Waals surface area (Å²) in [6.45, 7) is 4.31. The van der Waals surface area contributed by atoms with Crippen LogP contribution in [0.4, 0.5) is 5.69 Å². The molecule has 0 unspecified atom stereocenters. The lowest BCUT2D eigenvalue weighted by molar-refractivity contribution is 0.102. The van der Waals surface area contributed by atoms with E-state index >= 15 is 0 Å². The van der Waals surface area contributed by atoms with E-state index in [2.05, 4.69) is 20.2 Å². The van der Waals surface area contributed by atoms with E-state index in [1.807, 2.05) is 13.8 Å². The highest BCUT2D eigenvalue weighted by Crippen LogP contribution is 2.17. The molecule has 5 N–H and O–H groups in total. The van der Waals surface area contributed by atoms with Crippen LogP contribution < -0.4 is 15.8 Å². The zero-order chi connectivity index (χ0) is 17.7. The molecule has 1 amide bonds. The van der Waals surface area contributed by atoms with Gasteiger partial charge < -0.3 is 11.1 Å². The van der Waals surface area contributed by atoms with E-state index in [0.717, 1.165) is 5.69 Å². The van der Waals surface area contributed by atoms with Gasteiger partial charge in [-0.15, -0.1) is 0 Å². The Labute approximate surface area is 140 Å². The van der Waals surface area contributed by atoms with Gasteiger partial charge in [0.2, 0.25) is 10.0 Å². The number of hydrogen-bond donors (Lipinski definition) is 4. The predicted molar refractivity (Wildman–Crippen MR) is 91.3 cm³/mol. The van der Waals surface area contributed by atoms with Gasteiger partial charge in [0.1, 0.15) is 0 Å². The van der Waals surface area contributed by atoms with Gasteiger partial charge in [0.15, 0.2) is 5.69 Å². The second kappa shape index (κ2) is 7.56. The third kappa shape index (κ3) is 4.40. The molecule has 0 spiro atoms. The molecule has 2 rings (SSSR count). The fourth-order valence-electron chi connectivity index (χ4n) is 1.96. The van der Waals surface area contributed by atoms with Crippen LogP contribution in [0, 0.1) is 0 Å². The number of rotatable bonds is 7. The summed E-state index contributed by atoms with van der Waals surface area (Å²) < 4.78 is 26.5. The maximum atomic E-state index is 12.2. The first-order valence-electron chi connectivity index (χ1n) is 7.50. The molecule has 0 aliphatic carbocycles. The van der Waals surface area contributed by atoms with Crippen molar-refractivity contribution in [2.75, 3.05) is 18.4 Å². The van der Waals surface area contributed by atoms with E-state index in [1.54, 1.807) is 18.2 Å². The molecule has 8 nitrogen and oxygen atoms in total. The molecule has 0 saturated carbocycles. The third-order valence-corrected chi connectivity index (χ3v) is 4.75. The molecule has 0 aliphatic rings. The Hall–Kier alpha value is -2.23. The van der Waals surface area contributed by atoms with Crippen molar-refractivity contribution in [3.8, 4) is 0 Å². The minimum Gasteiger partial charge on any atom is -0.329 e. The fraction of sp³-hybridized carbons (Fsp3) is 0.333. The van der Waals surface area contributed by atoms with E-state index in [0.29, 0.717) is 5.69 Å². The van der Waals surface area contributed by atoms with Gasteiger partial charge in [-0.1, -0.05) is 19.9 Å². The molecule has 0 aliphatic heterocycles. The van der Waals surface area contributed by atoms with E-state index in [1.165, 1.54) is 12.1 Å². The van der Waals surface area contributed by atoms with Crippen molar-refractivity contribution in [1.29, 1.82) is 0 Å². The highest BCUT2D eigenvalue weighted by atomic mass is 32.2. The molecule has 0 bridgehead atoms. The van der Waals surface area contributed by atoms with Crippen LogP contribution in [0.2, 0.25) is 0 Å². The minimum atomic E-state index is -3.66. The number of nitrogens with zero attached hydrogens (tertiary/aromatic N) is 1. The van der Waals surface area contributed by atoms with Crippen LogP contribution in [0.1, 0.15) is 35.9 Å². The lowest BCUT2D eigenvalue weighted by Crippen LogP contribution is -2.29. The quantitative estimate of drug-likeness (QED) is 0.592. The zero-order valence-corrected chi connectivity index (χ0v) is 14.4. The van der Waals surface area contributed by atoms with Crippen molar-refractivity contribution in [2.24, 2.45) is 5.73 Å². The van der Waals surface area contributed by atoms with Crippen LogP contribution >= 0.6 is 0 Å². The second-order valence-electron chi connectivity index (χ2n) is 5.53. The first kappa shape index (κ1) is 18.1. The molecule has 2 aromatic rings. The summed E-state index contributed by atoms with van der Waals surface area (Å²) >= 11 is 0. The number of nitrogens with two attached hydrogens (primary N) is 1. The molecule has 1 aromatic heterocycles. The Kier molecular flexibility index (Phi) is 5.71. The van der Waals surface area contributed by atoms with Crippen LogP contribution in [0.3, 0.4) is 0 Å². The van der Waals surface area contributed by atoms with Gasteiger partial charge in [0.25, 0.3) is 5.91 Å². The fourth-order valence-corrected chi connectivity index (χ4v) is 3.05. The maximum Gasteiger partial charge on any atom is 0.276 e. The summed E-state index contributed by atoms with van der Waals surface area (Å²) in [6, 6.07) is 7.66. The number of hydrogen-bond acceptors (Lipinski definition) is 5. The second-order valence-corrected chi connectivity index (χ2v) is 7.30. The monoisotopic (exact) mass is 351 g/mol. The Morgan fingerprint density at radius 3 is 2.71 bits per heavy atom. The minimum absolute atomic E-state index is 0.0543. The molecule has 0 saturated heterocycles. The largest absolute Gasteiger partial charge is 0.329 e. The lowest BCUT2D eigenvalue weighted by Gasteiger charge is -2.08. The summed E-state index contributed by atoms with van der Waals surface area (Å²) in [6.07, 6.45) is 0. The van der Waals surface area contributed by atoms with Crippen LogP contribution in [0.15, 0.2) is 35.2 Å². The van der Waals surface area contributed by atoms with Crippen molar-refractivity contribution in [1.82, 2.24) is 14.9 Å². The van der Waals surface area contributed by atoms with Gasteiger partial charge >= 0.3 is 0 Å². The van der Waals surface area contributed by atoms with Crippen molar-refractivity contribution < 1.29 is 13.2 Å². The standard InChI is InChI=1S/C15H21N5O3S/c1-10(2)13-9-14(20-19-13)15(21)18-11-4-3-5-12(8-11)24(22,23)17-7-6-16/h3-5,8-10,17H,6-7,16H2,1-2H3,(H,18,21)(H,19,20). The summed E-state index contributed by atoms with van der Waals surface area (Å²) in [7, 11) is -3.66. The number of sulfonamides is 1. The average Bonchev–Trinajstić information content (AvgIpc) is 3.03. The molecule has 0 radical (unpaired) electrons. The van der Waals surface area contributed by atoms with Crippen LogP contribution in [0.25, 0.3) is 0 Å². The molecule has 9 heteroatoms. The van der Waals surface area contributed by atoms with Gasteiger partial charge in [-0.05, 0) is 30.2 Å². The highest BCUT2D eigenvalue weighted by Gasteiger charge is 2.16. The molecule has 24 heavy (non-hydrogen) atoms. The van der Waals surface area contributed by atoms with Gasteiger partial charge in [-0.2, -0.15) is 5.10 Å². The number of carbonyl (C=O) groups is 1. The molecule has 1 aromatic carbocycles. The van der Waals surface area contributed by atoms with E-state index in [9.17, 15) is 13.2 Å².